The Morgan fingerprint density at radius 3 is 2.72 bits per heavy atom. The summed E-state index contributed by atoms with van der Waals surface area (Å²) in [5.41, 5.74) is 4.67. The van der Waals surface area contributed by atoms with Gasteiger partial charge in [-0.1, -0.05) is 42.0 Å². The maximum Gasteiger partial charge on any atom is 0.278 e. The minimum absolute atomic E-state index is 0.0408. The molecule has 3 nitrogen and oxygen atoms in total. The van der Waals surface area contributed by atoms with Crippen molar-refractivity contribution in [1.82, 2.24) is 4.57 Å². The first-order valence-corrected chi connectivity index (χ1v) is 11.5. The predicted molar refractivity (Wildman–Crippen MR) is 123 cm³/mol. The van der Waals surface area contributed by atoms with Crippen LogP contribution in [-0.4, -0.2) is 23.1 Å². The molecule has 0 amide bonds. The van der Waals surface area contributed by atoms with Crippen molar-refractivity contribution in [2.24, 2.45) is 0 Å². The highest BCUT2D eigenvalue weighted by atomic mass is 19.3. The number of carbonyl (C=O) groups is 1. The molecule has 3 aromatic rings. The number of nitrogens with zero attached hydrogens (tertiary/aromatic N) is 1. The average molecular weight is 440 g/mol. The Morgan fingerprint density at radius 2 is 1.97 bits per heavy atom. The second-order valence-corrected chi connectivity index (χ2v) is 8.91. The highest BCUT2D eigenvalue weighted by Crippen LogP contribution is 2.35. The number of Topliss-reactive ketones (excluding diaryl/α,β-unsaturated/α-hetero) is 1. The Morgan fingerprint density at radius 1 is 1.16 bits per heavy atom. The molecular weight excluding hydrogens is 408 g/mol. The first-order valence-electron chi connectivity index (χ1n) is 11.5. The van der Waals surface area contributed by atoms with E-state index in [0.29, 0.717) is 24.9 Å². The molecule has 0 aliphatic carbocycles. The van der Waals surface area contributed by atoms with Crippen LogP contribution in [0.1, 0.15) is 66.5 Å². The summed E-state index contributed by atoms with van der Waals surface area (Å²) in [6.07, 6.45) is 1.43. The molecule has 0 N–H and O–H groups in total. The number of ketones is 1. The zero-order valence-electron chi connectivity index (χ0n) is 18.9. The van der Waals surface area contributed by atoms with Crippen LogP contribution in [-0.2, 0) is 22.5 Å². The topological polar surface area (TPSA) is 31.2 Å². The molecule has 170 valence electrons. The second kappa shape index (κ2) is 9.95. The molecule has 1 fully saturated rings. The van der Waals surface area contributed by atoms with Crippen LogP contribution in [0.5, 0.6) is 0 Å². The SMILES string of the molecule is Cc1ccc(C)c(Cn2c(C(F)F)c(CCC(=O)CCC3CCCO3)c3ccccc32)c1. The molecule has 1 aliphatic heterocycles. The van der Waals surface area contributed by atoms with E-state index in [4.69, 9.17) is 4.74 Å². The van der Waals surface area contributed by atoms with Crippen LogP contribution >= 0.6 is 0 Å². The summed E-state index contributed by atoms with van der Waals surface area (Å²) in [6, 6.07) is 13.7. The molecule has 1 aliphatic rings. The third-order valence-electron chi connectivity index (χ3n) is 6.58. The summed E-state index contributed by atoms with van der Waals surface area (Å²) in [5.74, 6) is 0.118. The van der Waals surface area contributed by atoms with Gasteiger partial charge in [-0.15, -0.1) is 0 Å². The zero-order chi connectivity index (χ0) is 22.7. The number of carbonyl (C=O) groups excluding carboxylic acids is 1. The molecular formula is C27H31F2NO2. The Hall–Kier alpha value is -2.53. The third-order valence-corrected chi connectivity index (χ3v) is 6.58. The molecule has 1 unspecified atom stereocenters. The monoisotopic (exact) mass is 439 g/mol. The molecule has 0 saturated carbocycles. The van der Waals surface area contributed by atoms with Gasteiger partial charge >= 0.3 is 0 Å². The third kappa shape index (κ3) is 4.93. The number of alkyl halides is 2. The Kier molecular flexibility index (Phi) is 7.04. The number of fused-ring (bicyclic) bond motifs is 1. The van der Waals surface area contributed by atoms with E-state index in [1.807, 2.05) is 50.2 Å². The fourth-order valence-electron chi connectivity index (χ4n) is 4.80. The number of ether oxygens (including phenoxy) is 1. The highest BCUT2D eigenvalue weighted by Gasteiger charge is 2.25. The molecule has 0 spiro atoms. The predicted octanol–water partition coefficient (Wildman–Crippen LogP) is 6.70. The Bertz CT molecular complexity index is 1100. The van der Waals surface area contributed by atoms with Crippen molar-refractivity contribution in [3.63, 3.8) is 0 Å². The van der Waals surface area contributed by atoms with Gasteiger partial charge in [0.15, 0.2) is 0 Å². The average Bonchev–Trinajstić information content (AvgIpc) is 3.40. The smallest absolute Gasteiger partial charge is 0.278 e. The normalized spacial score (nSPS) is 16.3. The van der Waals surface area contributed by atoms with E-state index in [1.54, 1.807) is 4.57 Å². The van der Waals surface area contributed by atoms with Gasteiger partial charge in [0.25, 0.3) is 6.43 Å². The first kappa shape index (κ1) is 22.7. The van der Waals surface area contributed by atoms with Gasteiger partial charge in [-0.2, -0.15) is 0 Å². The lowest BCUT2D eigenvalue weighted by molar-refractivity contribution is -0.119. The standard InChI is InChI=1S/C27H31F2NO2/c1-18-9-10-19(2)20(16-18)17-30-25-8-4-3-7-23(25)24(26(30)27(28)29)14-12-21(31)11-13-22-6-5-15-32-22/h3-4,7-10,16,22,27H,5-6,11-15,17H2,1-2H3. The maximum absolute atomic E-state index is 14.4. The highest BCUT2D eigenvalue weighted by molar-refractivity contribution is 5.87. The van der Waals surface area contributed by atoms with Gasteiger partial charge in [0.05, 0.1) is 11.8 Å². The van der Waals surface area contributed by atoms with Crippen molar-refractivity contribution >= 4 is 16.7 Å². The van der Waals surface area contributed by atoms with Crippen LogP contribution in [0.25, 0.3) is 10.9 Å². The number of aromatic nitrogens is 1. The minimum Gasteiger partial charge on any atom is -0.378 e. The van der Waals surface area contributed by atoms with Crippen molar-refractivity contribution in [2.75, 3.05) is 6.61 Å². The van der Waals surface area contributed by atoms with E-state index in [0.717, 1.165) is 53.5 Å². The molecule has 1 atom stereocenters. The van der Waals surface area contributed by atoms with E-state index in [-0.39, 0.29) is 24.0 Å². The van der Waals surface area contributed by atoms with Gasteiger partial charge in [-0.3, -0.25) is 4.79 Å². The molecule has 1 aromatic heterocycles. The lowest BCUT2D eigenvalue weighted by Gasteiger charge is -2.14. The van der Waals surface area contributed by atoms with Crippen molar-refractivity contribution in [3.8, 4) is 0 Å². The molecule has 0 bridgehead atoms. The van der Waals surface area contributed by atoms with Gasteiger partial charge in [-0.25, -0.2) is 8.78 Å². The Balaban J connectivity index is 1.61. The summed E-state index contributed by atoms with van der Waals surface area (Å²) in [7, 11) is 0. The number of hydrogen-bond donors (Lipinski definition) is 0. The number of rotatable bonds is 9. The minimum atomic E-state index is -2.61. The number of halogens is 2. The van der Waals surface area contributed by atoms with Crippen LogP contribution in [0.4, 0.5) is 8.78 Å². The van der Waals surface area contributed by atoms with E-state index in [2.05, 4.69) is 6.07 Å². The van der Waals surface area contributed by atoms with Crippen LogP contribution in [0.15, 0.2) is 42.5 Å². The summed E-state index contributed by atoms with van der Waals surface area (Å²) >= 11 is 0. The molecule has 1 saturated heterocycles. The number of benzene rings is 2. The van der Waals surface area contributed by atoms with Crippen LogP contribution in [0, 0.1) is 13.8 Å². The zero-order valence-corrected chi connectivity index (χ0v) is 18.9. The van der Waals surface area contributed by atoms with Gasteiger partial charge in [0.2, 0.25) is 0 Å². The summed E-state index contributed by atoms with van der Waals surface area (Å²) < 4.78 is 36.1. The molecule has 0 radical (unpaired) electrons. The van der Waals surface area contributed by atoms with Crippen molar-refractivity contribution in [3.05, 3.63) is 70.4 Å². The fraction of sp³-hybridized carbons (Fsp3) is 0.444. The van der Waals surface area contributed by atoms with E-state index >= 15 is 0 Å². The van der Waals surface area contributed by atoms with Crippen LogP contribution in [0.3, 0.4) is 0 Å². The molecule has 4 rings (SSSR count). The van der Waals surface area contributed by atoms with Gasteiger partial charge in [0.1, 0.15) is 5.78 Å². The summed E-state index contributed by atoms with van der Waals surface area (Å²) in [5, 5.41) is 0.819. The fourth-order valence-corrected chi connectivity index (χ4v) is 4.80. The van der Waals surface area contributed by atoms with Crippen LogP contribution in [0.2, 0.25) is 0 Å². The second-order valence-electron chi connectivity index (χ2n) is 8.91. The van der Waals surface area contributed by atoms with E-state index < -0.39 is 6.43 Å². The Labute approximate surface area is 188 Å². The van der Waals surface area contributed by atoms with Crippen molar-refractivity contribution in [1.29, 1.82) is 0 Å². The maximum atomic E-state index is 14.4. The lowest BCUT2D eigenvalue weighted by Crippen LogP contribution is -2.10. The van der Waals surface area contributed by atoms with Gasteiger partial charge in [-0.05, 0) is 62.3 Å². The summed E-state index contributed by atoms with van der Waals surface area (Å²) in [6.45, 7) is 5.19. The van der Waals surface area contributed by atoms with Crippen molar-refractivity contribution in [2.45, 2.75) is 71.4 Å². The molecule has 2 aromatic carbocycles. The van der Waals surface area contributed by atoms with Crippen molar-refractivity contribution < 1.29 is 18.3 Å². The molecule has 2 heterocycles. The summed E-state index contributed by atoms with van der Waals surface area (Å²) in [4.78, 5) is 12.5. The number of aryl methyl sites for hydroxylation is 3. The van der Waals surface area contributed by atoms with Gasteiger partial charge in [0, 0.05) is 36.9 Å². The number of hydrogen-bond acceptors (Lipinski definition) is 2. The lowest BCUT2D eigenvalue weighted by atomic mass is 10.0. The van der Waals surface area contributed by atoms with Crippen LogP contribution < -0.4 is 0 Å². The van der Waals surface area contributed by atoms with E-state index in [1.165, 1.54) is 0 Å². The molecule has 5 heteroatoms. The first-order chi connectivity index (χ1) is 15.4. The number of para-hydroxylation sites is 1. The molecule has 32 heavy (non-hydrogen) atoms. The van der Waals surface area contributed by atoms with Gasteiger partial charge < -0.3 is 9.30 Å². The quantitative estimate of drug-likeness (QED) is 0.371. The largest absolute Gasteiger partial charge is 0.378 e. The van der Waals surface area contributed by atoms with E-state index in [9.17, 15) is 13.6 Å².